The number of anilines is 1. The minimum atomic E-state index is -3.38. The molecule has 0 bridgehead atoms. The van der Waals surface area contributed by atoms with Crippen molar-refractivity contribution in [2.75, 3.05) is 11.0 Å². The number of rotatable bonds is 6. The molecule has 6 nitrogen and oxygen atoms in total. The molecule has 3 rings (SSSR count). The topological polar surface area (TPSA) is 79.4 Å². The number of carbonyl (C=O) groups excluding carboxylic acids is 1. The smallest absolute Gasteiger partial charge is 0.254 e. The first-order valence-electron chi connectivity index (χ1n) is 7.70. The molecule has 1 aromatic heterocycles. The summed E-state index contributed by atoms with van der Waals surface area (Å²) in [6.45, 7) is 0.501. The third-order valence-corrected chi connectivity index (χ3v) is 4.34. The molecule has 0 atom stereocenters. The lowest BCUT2D eigenvalue weighted by molar-refractivity contribution is 0.0730. The number of hydrogen-bond donors (Lipinski definition) is 1. The fourth-order valence-corrected chi connectivity index (χ4v) is 3.09. The van der Waals surface area contributed by atoms with E-state index in [1.807, 2.05) is 17.0 Å². The van der Waals surface area contributed by atoms with E-state index in [9.17, 15) is 13.2 Å². The lowest BCUT2D eigenvalue weighted by Gasteiger charge is -2.23. The van der Waals surface area contributed by atoms with Gasteiger partial charge in [-0.3, -0.25) is 14.5 Å². The van der Waals surface area contributed by atoms with Crippen LogP contribution in [0.4, 0.5) is 5.69 Å². The second-order valence-electron chi connectivity index (χ2n) is 5.98. The summed E-state index contributed by atoms with van der Waals surface area (Å²) in [5.74, 6) is -0.0986. The number of carbonyl (C=O) groups is 1. The van der Waals surface area contributed by atoms with Gasteiger partial charge in [0.15, 0.2) is 0 Å². The Bertz CT molecular complexity index is 833. The van der Waals surface area contributed by atoms with E-state index in [0.717, 1.165) is 24.7 Å². The molecule has 24 heavy (non-hydrogen) atoms. The van der Waals surface area contributed by atoms with Crippen LogP contribution in [-0.4, -0.2) is 36.5 Å². The fourth-order valence-electron chi connectivity index (χ4n) is 2.54. The Morgan fingerprint density at radius 3 is 2.71 bits per heavy atom. The molecule has 126 valence electrons. The van der Waals surface area contributed by atoms with Gasteiger partial charge in [-0.1, -0.05) is 12.1 Å². The van der Waals surface area contributed by atoms with Crippen LogP contribution in [0, 0.1) is 0 Å². The number of aromatic nitrogens is 1. The van der Waals surface area contributed by atoms with E-state index in [-0.39, 0.29) is 11.9 Å². The van der Waals surface area contributed by atoms with E-state index >= 15 is 0 Å². The van der Waals surface area contributed by atoms with Crippen molar-refractivity contribution in [2.24, 2.45) is 0 Å². The van der Waals surface area contributed by atoms with Crippen LogP contribution >= 0.6 is 0 Å². The second kappa shape index (κ2) is 6.60. The lowest BCUT2D eigenvalue weighted by atomic mass is 10.1. The molecular weight excluding hydrogens is 326 g/mol. The van der Waals surface area contributed by atoms with E-state index in [2.05, 4.69) is 9.71 Å². The molecule has 2 aromatic rings. The summed E-state index contributed by atoms with van der Waals surface area (Å²) >= 11 is 0. The molecule has 1 saturated carbocycles. The second-order valence-corrected chi connectivity index (χ2v) is 7.73. The fraction of sp³-hybridized carbons (Fsp3) is 0.294. The standard InChI is InChI=1S/C17H19N3O3S/c1-24(22,23)19-15-6-2-5-14(10-15)17(21)20(16-7-8-16)12-13-4-3-9-18-11-13/h2-6,9-11,16,19H,7-8,12H2,1H3. The maximum atomic E-state index is 12.9. The maximum absolute atomic E-state index is 12.9. The summed E-state index contributed by atoms with van der Waals surface area (Å²) in [6.07, 6.45) is 6.53. The van der Waals surface area contributed by atoms with Crippen molar-refractivity contribution in [3.05, 3.63) is 59.9 Å². The first kappa shape index (κ1) is 16.4. The lowest BCUT2D eigenvalue weighted by Crippen LogP contribution is -2.32. The normalized spacial score (nSPS) is 14.2. The third kappa shape index (κ3) is 4.32. The Labute approximate surface area is 141 Å². The highest BCUT2D eigenvalue weighted by Crippen LogP contribution is 2.30. The van der Waals surface area contributed by atoms with Crippen molar-refractivity contribution in [2.45, 2.75) is 25.4 Å². The predicted molar refractivity (Wildman–Crippen MR) is 92.0 cm³/mol. The Balaban J connectivity index is 1.81. The van der Waals surface area contributed by atoms with Crippen LogP contribution in [0.1, 0.15) is 28.8 Å². The average Bonchev–Trinajstić information content (AvgIpc) is 3.36. The van der Waals surface area contributed by atoms with Gasteiger partial charge in [0.25, 0.3) is 5.91 Å². The minimum Gasteiger partial charge on any atom is -0.331 e. The van der Waals surface area contributed by atoms with Gasteiger partial charge in [-0.25, -0.2) is 8.42 Å². The van der Waals surface area contributed by atoms with Gasteiger partial charge in [-0.05, 0) is 42.7 Å². The number of pyridine rings is 1. The van der Waals surface area contributed by atoms with Gasteiger partial charge in [0.1, 0.15) is 0 Å². The molecule has 1 aromatic carbocycles. The summed E-state index contributed by atoms with van der Waals surface area (Å²) in [5, 5.41) is 0. The summed E-state index contributed by atoms with van der Waals surface area (Å²) in [7, 11) is -3.38. The molecule has 1 N–H and O–H groups in total. The van der Waals surface area contributed by atoms with Crippen LogP contribution in [0.2, 0.25) is 0 Å². The van der Waals surface area contributed by atoms with E-state index in [4.69, 9.17) is 0 Å². The molecular formula is C17H19N3O3S. The zero-order chi connectivity index (χ0) is 17.2. The maximum Gasteiger partial charge on any atom is 0.254 e. The minimum absolute atomic E-state index is 0.0986. The van der Waals surface area contributed by atoms with E-state index < -0.39 is 10.0 Å². The third-order valence-electron chi connectivity index (χ3n) is 3.74. The molecule has 1 aliphatic carbocycles. The molecule has 0 spiro atoms. The quantitative estimate of drug-likeness (QED) is 0.871. The molecule has 1 aliphatic rings. The van der Waals surface area contributed by atoms with E-state index in [1.54, 1.807) is 36.7 Å². The Hall–Kier alpha value is -2.41. The highest BCUT2D eigenvalue weighted by atomic mass is 32.2. The first-order valence-corrected chi connectivity index (χ1v) is 9.59. The molecule has 0 radical (unpaired) electrons. The number of hydrogen-bond acceptors (Lipinski definition) is 4. The van der Waals surface area contributed by atoms with Crippen LogP contribution in [0.25, 0.3) is 0 Å². The average molecular weight is 345 g/mol. The monoisotopic (exact) mass is 345 g/mol. The van der Waals surface area contributed by atoms with Crippen LogP contribution in [-0.2, 0) is 16.6 Å². The van der Waals surface area contributed by atoms with Crippen LogP contribution in [0.15, 0.2) is 48.8 Å². The van der Waals surface area contributed by atoms with Gasteiger partial charge in [-0.15, -0.1) is 0 Å². The van der Waals surface area contributed by atoms with Crippen molar-refractivity contribution in [1.29, 1.82) is 0 Å². The van der Waals surface area contributed by atoms with E-state index in [0.29, 0.717) is 17.8 Å². The number of nitrogens with one attached hydrogen (secondary N) is 1. The van der Waals surface area contributed by atoms with Crippen molar-refractivity contribution in [3.8, 4) is 0 Å². The molecule has 1 fully saturated rings. The van der Waals surface area contributed by atoms with Crippen molar-refractivity contribution in [3.63, 3.8) is 0 Å². The Kier molecular flexibility index (Phi) is 4.53. The van der Waals surface area contributed by atoms with E-state index in [1.165, 1.54) is 0 Å². The number of amides is 1. The van der Waals surface area contributed by atoms with Crippen molar-refractivity contribution >= 4 is 21.6 Å². The van der Waals surface area contributed by atoms with Crippen LogP contribution in [0.5, 0.6) is 0 Å². The molecule has 7 heteroatoms. The van der Waals surface area contributed by atoms with Crippen LogP contribution < -0.4 is 4.72 Å². The van der Waals surface area contributed by atoms with Gasteiger partial charge in [0.2, 0.25) is 10.0 Å². The summed E-state index contributed by atoms with van der Waals surface area (Å²) in [6, 6.07) is 10.6. The zero-order valence-electron chi connectivity index (χ0n) is 13.3. The van der Waals surface area contributed by atoms with Gasteiger partial charge in [-0.2, -0.15) is 0 Å². The highest BCUT2D eigenvalue weighted by Gasteiger charge is 2.33. The van der Waals surface area contributed by atoms with Gasteiger partial charge < -0.3 is 4.90 Å². The highest BCUT2D eigenvalue weighted by molar-refractivity contribution is 7.92. The Morgan fingerprint density at radius 2 is 2.08 bits per heavy atom. The Morgan fingerprint density at radius 1 is 1.29 bits per heavy atom. The van der Waals surface area contributed by atoms with Crippen molar-refractivity contribution in [1.82, 2.24) is 9.88 Å². The summed E-state index contributed by atoms with van der Waals surface area (Å²) in [5.41, 5.74) is 1.84. The number of sulfonamides is 1. The number of nitrogens with zero attached hydrogens (tertiary/aromatic N) is 2. The summed E-state index contributed by atoms with van der Waals surface area (Å²) < 4.78 is 25.1. The predicted octanol–water partition coefficient (Wildman–Crippen LogP) is 2.26. The van der Waals surface area contributed by atoms with Gasteiger partial charge in [0.05, 0.1) is 6.26 Å². The molecule has 0 unspecified atom stereocenters. The van der Waals surface area contributed by atoms with Crippen molar-refractivity contribution < 1.29 is 13.2 Å². The summed E-state index contributed by atoms with van der Waals surface area (Å²) in [4.78, 5) is 18.8. The van der Waals surface area contributed by atoms with Gasteiger partial charge >= 0.3 is 0 Å². The molecule has 0 saturated heterocycles. The number of benzene rings is 1. The molecule has 1 heterocycles. The SMILES string of the molecule is CS(=O)(=O)Nc1cccc(C(=O)N(Cc2cccnc2)C2CC2)c1. The molecule has 0 aliphatic heterocycles. The first-order chi connectivity index (χ1) is 11.4. The van der Waals surface area contributed by atoms with Gasteiger partial charge in [0, 0.05) is 36.2 Å². The zero-order valence-corrected chi connectivity index (χ0v) is 14.2. The molecule has 1 amide bonds. The largest absolute Gasteiger partial charge is 0.331 e. The van der Waals surface area contributed by atoms with Crippen LogP contribution in [0.3, 0.4) is 0 Å².